The number of alkyl halides is 1. The maximum atomic E-state index is 14.7. The Kier molecular flexibility index (Phi) is 3.91. The van der Waals surface area contributed by atoms with Gasteiger partial charge in [0.25, 0.3) is 0 Å². The molecular formula is C17H23ClFN5. The van der Waals surface area contributed by atoms with Crippen LogP contribution in [-0.4, -0.2) is 66.9 Å². The highest BCUT2D eigenvalue weighted by atomic mass is 35.5. The number of aliphatic imine (C=N–C) groups is 2. The molecule has 0 aromatic rings. The number of nitrogens with two attached hydrogens (primary N) is 1. The van der Waals surface area contributed by atoms with Crippen molar-refractivity contribution in [2.75, 3.05) is 26.2 Å². The number of allylic oxidation sites excluding steroid dienone is 1. The Morgan fingerprint density at radius 3 is 3.12 bits per heavy atom. The van der Waals surface area contributed by atoms with E-state index in [2.05, 4.69) is 21.8 Å². The van der Waals surface area contributed by atoms with Gasteiger partial charge >= 0.3 is 0 Å². The Bertz CT molecular complexity index is 647. The average Bonchev–Trinajstić information content (AvgIpc) is 3.00. The average molecular weight is 352 g/mol. The highest BCUT2D eigenvalue weighted by molar-refractivity contribution is 6.39. The molecule has 1 spiro atoms. The number of halogens is 2. The predicted molar refractivity (Wildman–Crippen MR) is 95.6 cm³/mol. The van der Waals surface area contributed by atoms with Gasteiger partial charge in [0.05, 0.1) is 17.1 Å². The maximum absolute atomic E-state index is 14.7. The van der Waals surface area contributed by atoms with Crippen LogP contribution >= 0.6 is 11.6 Å². The van der Waals surface area contributed by atoms with Crippen molar-refractivity contribution < 1.29 is 4.39 Å². The molecule has 1 aliphatic carbocycles. The van der Waals surface area contributed by atoms with E-state index >= 15 is 0 Å². The SMILES string of the molecule is C=C(/C=N\C1CN2CCNCC23CCC13)C(N)C1(F)C=C(Cl)C=N1. The van der Waals surface area contributed by atoms with Crippen LogP contribution in [0.15, 0.2) is 33.2 Å². The van der Waals surface area contributed by atoms with Gasteiger partial charge in [0.2, 0.25) is 5.79 Å². The van der Waals surface area contributed by atoms with Crippen LogP contribution < -0.4 is 11.1 Å². The molecule has 5 nitrogen and oxygen atoms in total. The number of rotatable bonds is 4. The molecule has 3 N–H and O–H groups in total. The summed E-state index contributed by atoms with van der Waals surface area (Å²) in [5.74, 6) is -1.45. The summed E-state index contributed by atoms with van der Waals surface area (Å²) in [6, 6.07) is -0.737. The van der Waals surface area contributed by atoms with E-state index in [1.807, 2.05) is 0 Å². The first kappa shape index (κ1) is 16.4. The van der Waals surface area contributed by atoms with Crippen molar-refractivity contribution in [2.24, 2.45) is 21.6 Å². The maximum Gasteiger partial charge on any atom is 0.239 e. The lowest BCUT2D eigenvalue weighted by Crippen LogP contribution is -2.65. The van der Waals surface area contributed by atoms with Gasteiger partial charge in [0.1, 0.15) is 0 Å². The molecule has 7 heteroatoms. The smallest absolute Gasteiger partial charge is 0.239 e. The van der Waals surface area contributed by atoms with Gasteiger partial charge in [-0.25, -0.2) is 9.38 Å². The lowest BCUT2D eigenvalue weighted by atomic mass is 9.65. The number of hydrogen-bond donors (Lipinski definition) is 2. The summed E-state index contributed by atoms with van der Waals surface area (Å²) in [6.45, 7) is 8.03. The van der Waals surface area contributed by atoms with Crippen LogP contribution in [-0.2, 0) is 0 Å². The molecule has 4 rings (SSSR count). The Balaban J connectivity index is 1.44. The minimum absolute atomic E-state index is 0.240. The van der Waals surface area contributed by atoms with Gasteiger partial charge < -0.3 is 11.1 Å². The summed E-state index contributed by atoms with van der Waals surface area (Å²) in [7, 11) is 0. The van der Waals surface area contributed by atoms with E-state index in [0.29, 0.717) is 11.5 Å². The molecule has 3 aliphatic heterocycles. The third-order valence-corrected chi connectivity index (χ3v) is 6.27. The summed E-state index contributed by atoms with van der Waals surface area (Å²) in [6.07, 6.45) is 6.59. The number of piperazine rings is 1. The molecule has 1 saturated carbocycles. The van der Waals surface area contributed by atoms with Crippen LogP contribution in [0.2, 0.25) is 0 Å². The van der Waals surface area contributed by atoms with Crippen LogP contribution in [0.5, 0.6) is 0 Å². The standard InChI is InChI=1S/C17H23ClFN5/c1-11(15(20)17(19)6-12(18)8-23-17)7-22-14-9-24-5-4-21-10-16(24)3-2-13(14)16/h6-8,13-15,21H,1-5,9-10,20H2/b22-7-. The summed E-state index contributed by atoms with van der Waals surface area (Å²) < 4.78 is 14.7. The molecule has 0 radical (unpaired) electrons. The minimum Gasteiger partial charge on any atom is -0.319 e. The Morgan fingerprint density at radius 1 is 1.67 bits per heavy atom. The zero-order valence-corrected chi connectivity index (χ0v) is 14.3. The van der Waals surface area contributed by atoms with Crippen molar-refractivity contribution in [3.05, 3.63) is 23.3 Å². The molecule has 0 aromatic heterocycles. The van der Waals surface area contributed by atoms with Crippen molar-refractivity contribution >= 4 is 24.0 Å². The lowest BCUT2D eigenvalue weighted by molar-refractivity contribution is -0.00135. The summed E-state index contributed by atoms with van der Waals surface area (Å²) in [5.41, 5.74) is 6.72. The van der Waals surface area contributed by atoms with Gasteiger partial charge in [0.15, 0.2) is 0 Å². The zero-order valence-electron chi connectivity index (χ0n) is 13.6. The molecular weight excluding hydrogens is 329 g/mol. The van der Waals surface area contributed by atoms with E-state index in [1.165, 1.54) is 25.1 Å². The third kappa shape index (κ3) is 2.39. The van der Waals surface area contributed by atoms with Gasteiger partial charge in [0, 0.05) is 50.1 Å². The van der Waals surface area contributed by atoms with Gasteiger partial charge in [-0.3, -0.25) is 9.89 Å². The fourth-order valence-corrected chi connectivity index (χ4v) is 4.77. The molecule has 3 heterocycles. The highest BCUT2D eigenvalue weighted by Crippen LogP contribution is 2.51. The molecule has 0 bridgehead atoms. The molecule has 5 unspecified atom stereocenters. The van der Waals surface area contributed by atoms with E-state index < -0.39 is 11.8 Å². The first-order valence-electron chi connectivity index (χ1n) is 8.50. The Morgan fingerprint density at radius 2 is 2.50 bits per heavy atom. The van der Waals surface area contributed by atoms with E-state index in [4.69, 9.17) is 22.3 Å². The number of nitrogens with zero attached hydrogens (tertiary/aromatic N) is 3. The third-order valence-electron chi connectivity index (χ3n) is 6.06. The summed E-state index contributed by atoms with van der Waals surface area (Å²) in [5, 5.41) is 3.77. The van der Waals surface area contributed by atoms with Crippen molar-refractivity contribution in [1.82, 2.24) is 10.2 Å². The van der Waals surface area contributed by atoms with Crippen LogP contribution in [0.4, 0.5) is 4.39 Å². The van der Waals surface area contributed by atoms with Gasteiger partial charge in [-0.05, 0) is 24.5 Å². The molecule has 5 atom stereocenters. The fraction of sp³-hybridized carbons (Fsp3) is 0.647. The van der Waals surface area contributed by atoms with E-state index in [9.17, 15) is 4.39 Å². The highest BCUT2D eigenvalue weighted by Gasteiger charge is 2.59. The number of hydrogen-bond acceptors (Lipinski definition) is 5. The van der Waals surface area contributed by atoms with Crippen LogP contribution in [0.3, 0.4) is 0 Å². The lowest BCUT2D eigenvalue weighted by Gasteiger charge is -2.53. The molecule has 4 aliphatic rings. The van der Waals surface area contributed by atoms with E-state index in [0.717, 1.165) is 26.2 Å². The van der Waals surface area contributed by atoms with E-state index in [1.54, 1.807) is 6.21 Å². The quantitative estimate of drug-likeness (QED) is 0.592. The van der Waals surface area contributed by atoms with Crippen molar-refractivity contribution in [3.8, 4) is 0 Å². The van der Waals surface area contributed by atoms with Crippen molar-refractivity contribution in [3.63, 3.8) is 0 Å². The molecule has 0 aromatic carbocycles. The second kappa shape index (κ2) is 5.73. The normalized spacial score (nSPS) is 42.5. The first-order valence-corrected chi connectivity index (χ1v) is 8.88. The fourth-order valence-electron chi connectivity index (χ4n) is 4.57. The molecule has 0 amide bonds. The second-order valence-corrected chi connectivity index (χ2v) is 7.72. The van der Waals surface area contributed by atoms with Crippen molar-refractivity contribution in [2.45, 2.75) is 36.3 Å². The topological polar surface area (TPSA) is 66.0 Å². The molecule has 24 heavy (non-hydrogen) atoms. The van der Waals surface area contributed by atoms with Crippen LogP contribution in [0, 0.1) is 5.92 Å². The van der Waals surface area contributed by atoms with Gasteiger partial charge in [-0.15, -0.1) is 0 Å². The summed E-state index contributed by atoms with van der Waals surface area (Å²) >= 11 is 5.78. The number of nitrogens with one attached hydrogen (secondary N) is 1. The molecule has 2 saturated heterocycles. The van der Waals surface area contributed by atoms with Gasteiger partial charge in [-0.2, -0.15) is 0 Å². The Hall–Kier alpha value is -1.08. The molecule has 130 valence electrons. The molecule has 3 fully saturated rings. The summed E-state index contributed by atoms with van der Waals surface area (Å²) in [4.78, 5) is 11.1. The first-order chi connectivity index (χ1) is 11.4. The predicted octanol–water partition coefficient (Wildman–Crippen LogP) is 1.25. The Labute approximate surface area is 146 Å². The second-order valence-electron chi connectivity index (χ2n) is 7.28. The van der Waals surface area contributed by atoms with E-state index in [-0.39, 0.29) is 16.6 Å². The van der Waals surface area contributed by atoms with Gasteiger partial charge in [-0.1, -0.05) is 18.2 Å². The zero-order chi connectivity index (χ0) is 16.9. The van der Waals surface area contributed by atoms with Crippen LogP contribution in [0.1, 0.15) is 12.8 Å². The van der Waals surface area contributed by atoms with Crippen LogP contribution in [0.25, 0.3) is 0 Å². The monoisotopic (exact) mass is 351 g/mol. The van der Waals surface area contributed by atoms with Crippen molar-refractivity contribution in [1.29, 1.82) is 0 Å². The minimum atomic E-state index is -2.02. The largest absolute Gasteiger partial charge is 0.319 e.